The molecule has 1 aromatic heterocycles. The second-order valence-corrected chi connectivity index (χ2v) is 10.4. The van der Waals surface area contributed by atoms with E-state index in [-0.39, 0.29) is 0 Å². The SMILES string of the molecule is COc1ccc(CNC[C@H]2CC[C@@H](Nc3nc4c(c(N(C)C)n3)CCCC4)CC2)c2ccccc12. The molecule has 2 N–H and O–H groups in total. The monoisotopic (exact) mass is 473 g/mol. The van der Waals surface area contributed by atoms with Crippen molar-refractivity contribution in [2.75, 3.05) is 38.0 Å². The van der Waals surface area contributed by atoms with Gasteiger partial charge in [-0.1, -0.05) is 30.3 Å². The summed E-state index contributed by atoms with van der Waals surface area (Å²) < 4.78 is 5.54. The number of rotatable bonds is 8. The molecule has 186 valence electrons. The van der Waals surface area contributed by atoms with E-state index in [2.05, 4.69) is 66.0 Å². The highest BCUT2D eigenvalue weighted by Gasteiger charge is 2.24. The van der Waals surface area contributed by atoms with Crippen molar-refractivity contribution in [2.45, 2.75) is 64.0 Å². The van der Waals surface area contributed by atoms with Gasteiger partial charge in [0.2, 0.25) is 5.95 Å². The van der Waals surface area contributed by atoms with Crippen LogP contribution >= 0.6 is 0 Å². The maximum absolute atomic E-state index is 5.54. The summed E-state index contributed by atoms with van der Waals surface area (Å²) in [6.07, 6.45) is 9.49. The van der Waals surface area contributed by atoms with Gasteiger partial charge in [0.05, 0.1) is 12.8 Å². The Morgan fingerprint density at radius 1 is 0.943 bits per heavy atom. The molecule has 0 spiro atoms. The summed E-state index contributed by atoms with van der Waals surface area (Å²) in [5.74, 6) is 3.58. The van der Waals surface area contributed by atoms with E-state index in [4.69, 9.17) is 14.7 Å². The van der Waals surface area contributed by atoms with Crippen molar-refractivity contribution >= 4 is 22.5 Å². The van der Waals surface area contributed by atoms with Crippen LogP contribution in [0.25, 0.3) is 10.8 Å². The maximum atomic E-state index is 5.54. The van der Waals surface area contributed by atoms with E-state index in [0.717, 1.165) is 49.4 Å². The molecule has 2 aromatic carbocycles. The van der Waals surface area contributed by atoms with Gasteiger partial charge in [0.25, 0.3) is 0 Å². The number of aromatic nitrogens is 2. The number of hydrogen-bond acceptors (Lipinski definition) is 6. The summed E-state index contributed by atoms with van der Waals surface area (Å²) in [4.78, 5) is 12.0. The van der Waals surface area contributed by atoms with Gasteiger partial charge in [-0.3, -0.25) is 0 Å². The molecular weight excluding hydrogens is 434 g/mol. The predicted molar refractivity (Wildman–Crippen MR) is 145 cm³/mol. The van der Waals surface area contributed by atoms with Crippen LogP contribution in [0.5, 0.6) is 5.75 Å². The molecule has 3 aromatic rings. The van der Waals surface area contributed by atoms with Gasteiger partial charge in [0.15, 0.2) is 0 Å². The van der Waals surface area contributed by atoms with E-state index in [1.165, 1.54) is 66.1 Å². The van der Waals surface area contributed by atoms with E-state index in [0.29, 0.717) is 6.04 Å². The van der Waals surface area contributed by atoms with Gasteiger partial charge >= 0.3 is 0 Å². The van der Waals surface area contributed by atoms with Crippen molar-refractivity contribution in [3.63, 3.8) is 0 Å². The molecule has 0 bridgehead atoms. The molecule has 1 fully saturated rings. The number of ether oxygens (including phenoxy) is 1. The molecule has 0 saturated heterocycles. The zero-order valence-electron chi connectivity index (χ0n) is 21.4. The molecule has 0 aliphatic heterocycles. The lowest BCUT2D eigenvalue weighted by molar-refractivity contribution is 0.324. The Bertz CT molecular complexity index is 1150. The summed E-state index contributed by atoms with van der Waals surface area (Å²) >= 11 is 0. The van der Waals surface area contributed by atoms with Crippen LogP contribution in [0, 0.1) is 5.92 Å². The second-order valence-electron chi connectivity index (χ2n) is 10.4. The van der Waals surface area contributed by atoms with Crippen molar-refractivity contribution in [1.29, 1.82) is 0 Å². The Hall–Kier alpha value is -2.86. The average molecular weight is 474 g/mol. The van der Waals surface area contributed by atoms with Gasteiger partial charge in [0.1, 0.15) is 11.6 Å². The molecule has 6 heteroatoms. The zero-order chi connectivity index (χ0) is 24.2. The molecular formula is C29H39N5O. The van der Waals surface area contributed by atoms with Crippen molar-refractivity contribution < 1.29 is 4.74 Å². The third-order valence-electron chi connectivity index (χ3n) is 7.71. The fourth-order valence-corrected chi connectivity index (χ4v) is 5.78. The Balaban J connectivity index is 1.14. The zero-order valence-corrected chi connectivity index (χ0v) is 21.4. The minimum atomic E-state index is 0.466. The first kappa shape index (κ1) is 23.9. The topological polar surface area (TPSA) is 62.3 Å². The number of fused-ring (bicyclic) bond motifs is 2. The van der Waals surface area contributed by atoms with Crippen LogP contribution < -0.4 is 20.3 Å². The van der Waals surface area contributed by atoms with E-state index < -0.39 is 0 Å². The first-order valence-electron chi connectivity index (χ1n) is 13.2. The van der Waals surface area contributed by atoms with E-state index in [1.807, 2.05) is 0 Å². The summed E-state index contributed by atoms with van der Waals surface area (Å²) in [6.45, 7) is 1.95. The second kappa shape index (κ2) is 10.8. The Morgan fingerprint density at radius 2 is 1.71 bits per heavy atom. The van der Waals surface area contributed by atoms with Crippen LogP contribution in [0.15, 0.2) is 36.4 Å². The maximum Gasteiger partial charge on any atom is 0.225 e. The minimum absolute atomic E-state index is 0.466. The van der Waals surface area contributed by atoms with Crippen LogP contribution in [0.2, 0.25) is 0 Å². The van der Waals surface area contributed by atoms with E-state index in [9.17, 15) is 0 Å². The third kappa shape index (κ3) is 5.37. The summed E-state index contributed by atoms with van der Waals surface area (Å²) in [5.41, 5.74) is 3.94. The third-order valence-corrected chi connectivity index (χ3v) is 7.71. The van der Waals surface area contributed by atoms with Gasteiger partial charge < -0.3 is 20.3 Å². The van der Waals surface area contributed by atoms with Crippen LogP contribution in [0.3, 0.4) is 0 Å². The molecule has 1 heterocycles. The number of nitrogens with one attached hydrogen (secondary N) is 2. The summed E-state index contributed by atoms with van der Waals surface area (Å²) in [7, 11) is 5.92. The molecule has 2 aliphatic carbocycles. The fourth-order valence-electron chi connectivity index (χ4n) is 5.78. The van der Waals surface area contributed by atoms with Crippen molar-refractivity contribution in [2.24, 2.45) is 5.92 Å². The highest BCUT2D eigenvalue weighted by molar-refractivity contribution is 5.91. The van der Waals surface area contributed by atoms with Crippen molar-refractivity contribution in [3.8, 4) is 5.75 Å². The first-order chi connectivity index (χ1) is 17.1. The molecule has 0 amide bonds. The number of benzene rings is 2. The van der Waals surface area contributed by atoms with E-state index in [1.54, 1.807) is 7.11 Å². The number of hydrogen-bond donors (Lipinski definition) is 2. The lowest BCUT2D eigenvalue weighted by Crippen LogP contribution is -2.32. The van der Waals surface area contributed by atoms with Crippen molar-refractivity contribution in [1.82, 2.24) is 15.3 Å². The fraction of sp³-hybridized carbons (Fsp3) is 0.517. The largest absolute Gasteiger partial charge is 0.496 e. The number of methoxy groups -OCH3 is 1. The molecule has 35 heavy (non-hydrogen) atoms. The van der Waals surface area contributed by atoms with Gasteiger partial charge in [-0.2, -0.15) is 4.98 Å². The van der Waals surface area contributed by atoms with Crippen LogP contribution in [-0.2, 0) is 19.4 Å². The number of aryl methyl sites for hydroxylation is 1. The lowest BCUT2D eigenvalue weighted by atomic mass is 9.86. The molecule has 0 unspecified atom stereocenters. The van der Waals surface area contributed by atoms with Crippen molar-refractivity contribution in [3.05, 3.63) is 53.2 Å². The Kier molecular flexibility index (Phi) is 7.37. The number of nitrogens with zero attached hydrogens (tertiary/aromatic N) is 3. The van der Waals surface area contributed by atoms with Gasteiger partial charge in [-0.25, -0.2) is 4.98 Å². The number of anilines is 2. The Morgan fingerprint density at radius 3 is 2.49 bits per heavy atom. The first-order valence-corrected chi connectivity index (χ1v) is 13.2. The Labute approximate surface area is 209 Å². The molecule has 0 atom stereocenters. The molecule has 6 nitrogen and oxygen atoms in total. The van der Waals surface area contributed by atoms with Gasteiger partial charge in [0, 0.05) is 37.6 Å². The lowest BCUT2D eigenvalue weighted by Gasteiger charge is -2.30. The highest BCUT2D eigenvalue weighted by atomic mass is 16.5. The predicted octanol–water partition coefficient (Wildman–Crippen LogP) is 5.34. The molecule has 2 aliphatic rings. The average Bonchev–Trinajstić information content (AvgIpc) is 2.89. The van der Waals surface area contributed by atoms with E-state index >= 15 is 0 Å². The smallest absolute Gasteiger partial charge is 0.225 e. The highest BCUT2D eigenvalue weighted by Crippen LogP contribution is 2.31. The normalized spacial score (nSPS) is 19.9. The van der Waals surface area contributed by atoms with Gasteiger partial charge in [-0.15, -0.1) is 0 Å². The quantitative estimate of drug-likeness (QED) is 0.460. The van der Waals surface area contributed by atoms with Crippen LogP contribution in [0.1, 0.15) is 55.3 Å². The summed E-state index contributed by atoms with van der Waals surface area (Å²) in [5, 5.41) is 9.86. The summed E-state index contributed by atoms with van der Waals surface area (Å²) in [6, 6.07) is 13.2. The van der Waals surface area contributed by atoms with Crippen LogP contribution in [0.4, 0.5) is 11.8 Å². The molecule has 0 radical (unpaired) electrons. The van der Waals surface area contributed by atoms with Crippen LogP contribution in [-0.4, -0.2) is 43.8 Å². The standard InChI is InChI=1S/C29H39N5O/c1-34(2)28-25-10-6-7-11-26(25)32-29(33-28)31-22-15-12-20(13-16-22)18-30-19-21-14-17-27(35-3)24-9-5-4-8-23(21)24/h4-5,8-9,14,17,20,22,30H,6-7,10-13,15-16,18-19H2,1-3H3,(H,31,32,33)/t20-,22+. The minimum Gasteiger partial charge on any atom is -0.496 e. The molecule has 5 rings (SSSR count). The molecule has 1 saturated carbocycles. The van der Waals surface area contributed by atoms with Gasteiger partial charge in [-0.05, 0) is 80.8 Å².